The second-order valence-corrected chi connectivity index (χ2v) is 3.60. The lowest BCUT2D eigenvalue weighted by Crippen LogP contribution is -2.26. The van der Waals surface area contributed by atoms with Crippen LogP contribution in [0.15, 0.2) is 52.6 Å². The van der Waals surface area contributed by atoms with Gasteiger partial charge in [-0.2, -0.15) is 0 Å². The Labute approximate surface area is 93.4 Å². The molecule has 0 spiro atoms. The van der Waals surface area contributed by atoms with E-state index in [1.165, 1.54) is 0 Å². The normalized spacial score (nSPS) is 21.6. The van der Waals surface area contributed by atoms with E-state index in [2.05, 4.69) is 22.1 Å². The molecule has 0 aromatic heterocycles. The Balaban J connectivity index is 2.38. The maximum absolute atomic E-state index is 4.41. The molecule has 76 valence electrons. The van der Waals surface area contributed by atoms with E-state index in [0.717, 1.165) is 21.8 Å². The fourth-order valence-electron chi connectivity index (χ4n) is 1.81. The van der Waals surface area contributed by atoms with Crippen LogP contribution < -0.4 is 10.6 Å². The Kier molecular flexibility index (Phi) is 2.11. The molecule has 2 heterocycles. The van der Waals surface area contributed by atoms with Gasteiger partial charge in [0, 0.05) is 23.2 Å². The number of benzene rings is 1. The van der Waals surface area contributed by atoms with E-state index in [-0.39, 0.29) is 0 Å². The zero-order valence-electron chi connectivity index (χ0n) is 8.67. The molecule has 2 aliphatic heterocycles. The number of aliphatic imine (C=N–C) groups is 1. The van der Waals surface area contributed by atoms with Gasteiger partial charge in [0.15, 0.2) is 0 Å². The van der Waals surface area contributed by atoms with Crippen LogP contribution in [0.25, 0.3) is 12.2 Å². The molecule has 0 atom stereocenters. The largest absolute Gasteiger partial charge is 0.256 e. The van der Waals surface area contributed by atoms with Crippen molar-refractivity contribution >= 4 is 24.1 Å². The van der Waals surface area contributed by atoms with E-state index in [1.807, 2.05) is 42.6 Å². The summed E-state index contributed by atoms with van der Waals surface area (Å²) >= 11 is 0. The minimum atomic E-state index is 0.961. The molecule has 16 heavy (non-hydrogen) atoms. The van der Waals surface area contributed by atoms with Crippen molar-refractivity contribution in [1.29, 1.82) is 0 Å². The van der Waals surface area contributed by atoms with Gasteiger partial charge >= 0.3 is 0 Å². The highest BCUT2D eigenvalue weighted by molar-refractivity contribution is 5.76. The molecule has 2 aliphatic rings. The number of fused-ring (bicyclic) bond motifs is 3. The summed E-state index contributed by atoms with van der Waals surface area (Å²) in [6.07, 6.45) is 15.6. The third-order valence-corrected chi connectivity index (χ3v) is 2.58. The number of hydrogen-bond donors (Lipinski definition) is 0. The van der Waals surface area contributed by atoms with Gasteiger partial charge in [0.25, 0.3) is 0 Å². The SMILES string of the molecule is C1=Cc2ccc3\c(c2=N1)=C/C=C\C=C/C=N3. The van der Waals surface area contributed by atoms with Gasteiger partial charge in [-0.25, -0.2) is 0 Å². The molecule has 0 bridgehead atoms. The van der Waals surface area contributed by atoms with Gasteiger partial charge in [0.2, 0.25) is 0 Å². The third kappa shape index (κ3) is 1.44. The summed E-state index contributed by atoms with van der Waals surface area (Å²) < 4.78 is 0. The van der Waals surface area contributed by atoms with Crippen molar-refractivity contribution in [3.8, 4) is 0 Å². The van der Waals surface area contributed by atoms with E-state index in [0.29, 0.717) is 0 Å². The van der Waals surface area contributed by atoms with E-state index < -0.39 is 0 Å². The van der Waals surface area contributed by atoms with Gasteiger partial charge < -0.3 is 0 Å². The van der Waals surface area contributed by atoms with Crippen molar-refractivity contribution in [3.05, 3.63) is 58.8 Å². The van der Waals surface area contributed by atoms with Gasteiger partial charge in [-0.05, 0) is 18.2 Å². The monoisotopic (exact) mass is 206 g/mol. The predicted molar refractivity (Wildman–Crippen MR) is 67.2 cm³/mol. The van der Waals surface area contributed by atoms with Crippen LogP contribution in [-0.2, 0) is 0 Å². The molecular formula is C14H10N2. The molecule has 0 saturated carbocycles. The fourth-order valence-corrected chi connectivity index (χ4v) is 1.81. The Bertz CT molecular complexity index is 659. The molecule has 0 radical (unpaired) electrons. The second kappa shape index (κ2) is 3.74. The molecule has 2 nitrogen and oxygen atoms in total. The van der Waals surface area contributed by atoms with Crippen molar-refractivity contribution in [1.82, 2.24) is 0 Å². The molecule has 0 saturated heterocycles. The average molecular weight is 206 g/mol. The summed E-state index contributed by atoms with van der Waals surface area (Å²) in [6, 6.07) is 4.08. The lowest BCUT2D eigenvalue weighted by atomic mass is 10.1. The molecule has 1 aromatic rings. The summed E-state index contributed by atoms with van der Waals surface area (Å²) in [6.45, 7) is 0. The van der Waals surface area contributed by atoms with Crippen molar-refractivity contribution in [2.75, 3.05) is 0 Å². The highest BCUT2D eigenvalue weighted by Gasteiger charge is 2.03. The van der Waals surface area contributed by atoms with Crippen LogP contribution in [0.2, 0.25) is 0 Å². The lowest BCUT2D eigenvalue weighted by Gasteiger charge is -1.97. The maximum Gasteiger partial charge on any atom is 0.0796 e. The zero-order valence-corrected chi connectivity index (χ0v) is 8.67. The van der Waals surface area contributed by atoms with E-state index in [4.69, 9.17) is 0 Å². The predicted octanol–water partition coefficient (Wildman–Crippen LogP) is 1.90. The van der Waals surface area contributed by atoms with E-state index in [1.54, 1.807) is 6.21 Å². The van der Waals surface area contributed by atoms with Crippen LogP contribution in [-0.4, -0.2) is 6.21 Å². The number of allylic oxidation sites excluding steroid dienone is 4. The van der Waals surface area contributed by atoms with Gasteiger partial charge in [-0.3, -0.25) is 9.98 Å². The smallest absolute Gasteiger partial charge is 0.0796 e. The zero-order chi connectivity index (χ0) is 10.8. The highest BCUT2D eigenvalue weighted by Crippen LogP contribution is 2.08. The van der Waals surface area contributed by atoms with Crippen LogP contribution >= 0.6 is 0 Å². The summed E-state index contributed by atoms with van der Waals surface area (Å²) in [5.41, 5.74) is 2.12. The molecule has 0 fully saturated rings. The quantitative estimate of drug-likeness (QED) is 0.619. The standard InChI is InChI=1S/C14H10N2/c1-2-4-9-15-13-7-6-11-8-10-16-14(11)12(13)5-3-1/h1-10H/b2-1?,3-1-,4-2-,5-3?,9-4?,12-5+,15-9?,15-13?. The van der Waals surface area contributed by atoms with Gasteiger partial charge in [-0.15, -0.1) is 0 Å². The van der Waals surface area contributed by atoms with Crippen LogP contribution in [0.4, 0.5) is 5.69 Å². The Hall–Kier alpha value is -2.22. The van der Waals surface area contributed by atoms with Crippen molar-refractivity contribution in [2.45, 2.75) is 0 Å². The minimum absolute atomic E-state index is 0.961. The first-order valence-electron chi connectivity index (χ1n) is 5.20. The first kappa shape index (κ1) is 9.04. The topological polar surface area (TPSA) is 24.7 Å². The van der Waals surface area contributed by atoms with Crippen molar-refractivity contribution in [3.63, 3.8) is 0 Å². The van der Waals surface area contributed by atoms with Gasteiger partial charge in [0.1, 0.15) is 0 Å². The number of hydrogen-bond acceptors (Lipinski definition) is 2. The minimum Gasteiger partial charge on any atom is -0.256 e. The maximum atomic E-state index is 4.41. The molecule has 3 rings (SSSR count). The van der Waals surface area contributed by atoms with Crippen molar-refractivity contribution in [2.24, 2.45) is 9.98 Å². The van der Waals surface area contributed by atoms with Crippen LogP contribution in [0.3, 0.4) is 0 Å². The molecular weight excluding hydrogens is 196 g/mol. The molecule has 2 heteroatoms. The van der Waals surface area contributed by atoms with Crippen LogP contribution in [0.1, 0.15) is 5.56 Å². The summed E-state index contributed by atoms with van der Waals surface area (Å²) in [5, 5.41) is 2.10. The fraction of sp³-hybridized carbons (Fsp3) is 0. The Morgan fingerprint density at radius 3 is 2.88 bits per heavy atom. The summed E-state index contributed by atoms with van der Waals surface area (Å²) in [7, 11) is 0. The third-order valence-electron chi connectivity index (χ3n) is 2.58. The number of rotatable bonds is 0. The molecule has 0 N–H and O–H groups in total. The average Bonchev–Trinajstić information content (AvgIpc) is 2.80. The highest BCUT2D eigenvalue weighted by atomic mass is 14.7. The summed E-state index contributed by atoms with van der Waals surface area (Å²) in [5.74, 6) is 0. The Morgan fingerprint density at radius 1 is 0.938 bits per heavy atom. The van der Waals surface area contributed by atoms with Gasteiger partial charge in [-0.1, -0.05) is 30.4 Å². The van der Waals surface area contributed by atoms with Crippen LogP contribution in [0.5, 0.6) is 0 Å². The van der Waals surface area contributed by atoms with E-state index >= 15 is 0 Å². The lowest BCUT2D eigenvalue weighted by molar-refractivity contribution is 1.32. The molecule has 1 aromatic carbocycles. The van der Waals surface area contributed by atoms with Crippen LogP contribution in [0, 0.1) is 0 Å². The summed E-state index contributed by atoms with van der Waals surface area (Å²) in [4.78, 5) is 8.79. The Morgan fingerprint density at radius 2 is 1.88 bits per heavy atom. The molecule has 0 amide bonds. The second-order valence-electron chi connectivity index (χ2n) is 3.60. The molecule has 0 unspecified atom stereocenters. The first-order valence-corrected chi connectivity index (χ1v) is 5.20. The van der Waals surface area contributed by atoms with E-state index in [9.17, 15) is 0 Å². The molecule has 0 aliphatic carbocycles. The number of nitrogens with zero attached hydrogens (tertiary/aromatic N) is 2. The van der Waals surface area contributed by atoms with Gasteiger partial charge in [0.05, 0.1) is 11.0 Å². The first-order chi connectivity index (χ1) is 7.95. The van der Waals surface area contributed by atoms with Crippen molar-refractivity contribution < 1.29 is 0 Å².